The second-order valence-corrected chi connectivity index (χ2v) is 5.22. The summed E-state index contributed by atoms with van der Waals surface area (Å²) in [5.41, 5.74) is 2.60. The van der Waals surface area contributed by atoms with Crippen LogP contribution >= 0.6 is 11.8 Å². The Labute approximate surface area is 113 Å². The van der Waals surface area contributed by atoms with Crippen molar-refractivity contribution in [2.45, 2.75) is 30.7 Å². The van der Waals surface area contributed by atoms with Crippen LogP contribution in [0.5, 0.6) is 0 Å². The SMILES string of the molecule is CCn1cc(CSc2ccc(CNC)cc2)cn1. The average Bonchev–Trinajstić information content (AvgIpc) is 2.86. The van der Waals surface area contributed by atoms with Crippen LogP contribution in [0.1, 0.15) is 18.1 Å². The van der Waals surface area contributed by atoms with Crippen molar-refractivity contribution in [3.8, 4) is 0 Å². The maximum absolute atomic E-state index is 4.28. The molecule has 0 amide bonds. The van der Waals surface area contributed by atoms with Gasteiger partial charge in [-0.1, -0.05) is 12.1 Å². The van der Waals surface area contributed by atoms with E-state index in [1.807, 2.05) is 29.7 Å². The van der Waals surface area contributed by atoms with Gasteiger partial charge in [0, 0.05) is 35.5 Å². The van der Waals surface area contributed by atoms with Crippen LogP contribution in [-0.4, -0.2) is 16.8 Å². The molecule has 96 valence electrons. The lowest BCUT2D eigenvalue weighted by atomic mass is 10.2. The number of benzene rings is 1. The summed E-state index contributed by atoms with van der Waals surface area (Å²) in [5.74, 6) is 0.978. The summed E-state index contributed by atoms with van der Waals surface area (Å²) in [6, 6.07) is 8.71. The molecular formula is C14H19N3S. The van der Waals surface area contributed by atoms with Crippen LogP contribution in [0.3, 0.4) is 0 Å². The van der Waals surface area contributed by atoms with E-state index in [4.69, 9.17) is 0 Å². The quantitative estimate of drug-likeness (QED) is 0.811. The highest BCUT2D eigenvalue weighted by Gasteiger charge is 1.99. The van der Waals surface area contributed by atoms with Gasteiger partial charge in [0.1, 0.15) is 0 Å². The van der Waals surface area contributed by atoms with Crippen LogP contribution < -0.4 is 5.32 Å². The van der Waals surface area contributed by atoms with Gasteiger partial charge in [-0.05, 0) is 31.7 Å². The predicted molar refractivity (Wildman–Crippen MR) is 76.7 cm³/mol. The zero-order valence-electron chi connectivity index (χ0n) is 10.9. The van der Waals surface area contributed by atoms with Gasteiger partial charge in [-0.15, -0.1) is 11.8 Å². The van der Waals surface area contributed by atoms with Gasteiger partial charge in [-0.3, -0.25) is 4.68 Å². The topological polar surface area (TPSA) is 29.9 Å². The van der Waals surface area contributed by atoms with Gasteiger partial charge in [0.05, 0.1) is 6.20 Å². The number of nitrogens with zero attached hydrogens (tertiary/aromatic N) is 2. The Morgan fingerprint density at radius 2 is 2.00 bits per heavy atom. The molecule has 0 unspecified atom stereocenters. The summed E-state index contributed by atoms with van der Waals surface area (Å²) in [7, 11) is 1.97. The normalized spacial score (nSPS) is 10.8. The fourth-order valence-corrected chi connectivity index (χ4v) is 2.54. The van der Waals surface area contributed by atoms with Crippen molar-refractivity contribution >= 4 is 11.8 Å². The molecule has 18 heavy (non-hydrogen) atoms. The molecule has 0 aliphatic carbocycles. The first kappa shape index (κ1) is 13.2. The zero-order chi connectivity index (χ0) is 12.8. The van der Waals surface area contributed by atoms with Crippen LogP contribution in [0.2, 0.25) is 0 Å². The summed E-state index contributed by atoms with van der Waals surface area (Å²) in [4.78, 5) is 1.30. The van der Waals surface area contributed by atoms with Crippen LogP contribution in [0.15, 0.2) is 41.6 Å². The Morgan fingerprint density at radius 1 is 1.22 bits per heavy atom. The van der Waals surface area contributed by atoms with Gasteiger partial charge in [0.25, 0.3) is 0 Å². The fraction of sp³-hybridized carbons (Fsp3) is 0.357. The first-order valence-electron chi connectivity index (χ1n) is 6.19. The van der Waals surface area contributed by atoms with Crippen LogP contribution in [0.25, 0.3) is 0 Å². The standard InChI is InChI=1S/C14H19N3S/c1-3-17-10-13(9-16-17)11-18-14-6-4-12(5-7-14)8-15-2/h4-7,9-10,15H,3,8,11H2,1-2H3. The molecule has 0 atom stereocenters. The molecule has 1 N–H and O–H groups in total. The minimum atomic E-state index is 0.925. The molecule has 0 radical (unpaired) electrons. The van der Waals surface area contributed by atoms with Crippen molar-refractivity contribution in [2.24, 2.45) is 0 Å². The van der Waals surface area contributed by atoms with Crippen molar-refractivity contribution in [2.75, 3.05) is 7.05 Å². The molecule has 1 heterocycles. The minimum Gasteiger partial charge on any atom is -0.316 e. The summed E-state index contributed by atoms with van der Waals surface area (Å²) < 4.78 is 1.96. The first-order valence-corrected chi connectivity index (χ1v) is 7.18. The maximum atomic E-state index is 4.28. The number of rotatable bonds is 6. The molecule has 0 bridgehead atoms. The largest absolute Gasteiger partial charge is 0.316 e. The molecule has 1 aromatic heterocycles. The molecular weight excluding hydrogens is 242 g/mol. The third kappa shape index (κ3) is 3.62. The van der Waals surface area contributed by atoms with Gasteiger partial charge in [-0.2, -0.15) is 5.10 Å². The van der Waals surface area contributed by atoms with Crippen molar-refractivity contribution in [1.82, 2.24) is 15.1 Å². The number of aromatic nitrogens is 2. The van der Waals surface area contributed by atoms with Crippen LogP contribution in [0, 0.1) is 0 Å². The van der Waals surface area contributed by atoms with Gasteiger partial charge < -0.3 is 5.32 Å². The minimum absolute atomic E-state index is 0.925. The van der Waals surface area contributed by atoms with E-state index in [1.54, 1.807) is 0 Å². The lowest BCUT2D eigenvalue weighted by molar-refractivity contribution is 0.659. The molecule has 0 spiro atoms. The summed E-state index contributed by atoms with van der Waals surface area (Å²) in [6.45, 7) is 3.96. The monoisotopic (exact) mass is 261 g/mol. The van der Waals surface area contributed by atoms with E-state index >= 15 is 0 Å². The number of hydrogen-bond acceptors (Lipinski definition) is 3. The third-order valence-corrected chi connectivity index (χ3v) is 3.80. The van der Waals surface area contributed by atoms with Crippen LogP contribution in [0.4, 0.5) is 0 Å². The molecule has 4 heteroatoms. The lowest BCUT2D eigenvalue weighted by Gasteiger charge is -2.03. The number of nitrogens with one attached hydrogen (secondary N) is 1. The number of thioether (sulfide) groups is 1. The highest BCUT2D eigenvalue weighted by molar-refractivity contribution is 7.98. The van der Waals surface area contributed by atoms with E-state index in [-0.39, 0.29) is 0 Å². The van der Waals surface area contributed by atoms with E-state index in [1.165, 1.54) is 16.0 Å². The number of hydrogen-bond donors (Lipinski definition) is 1. The highest BCUT2D eigenvalue weighted by atomic mass is 32.2. The molecule has 0 fully saturated rings. The van der Waals surface area contributed by atoms with Crippen molar-refractivity contribution in [1.29, 1.82) is 0 Å². The molecule has 0 aliphatic rings. The Kier molecular flexibility index (Phi) is 4.84. The fourth-order valence-electron chi connectivity index (χ4n) is 1.73. The maximum Gasteiger partial charge on any atom is 0.0530 e. The van der Waals surface area contributed by atoms with Gasteiger partial charge in [-0.25, -0.2) is 0 Å². The summed E-state index contributed by atoms with van der Waals surface area (Å²) in [6.07, 6.45) is 4.06. The Balaban J connectivity index is 1.89. The number of aryl methyl sites for hydroxylation is 1. The zero-order valence-corrected chi connectivity index (χ0v) is 11.7. The second kappa shape index (κ2) is 6.61. The van der Waals surface area contributed by atoms with Gasteiger partial charge >= 0.3 is 0 Å². The summed E-state index contributed by atoms with van der Waals surface area (Å²) in [5, 5.41) is 7.43. The molecule has 3 nitrogen and oxygen atoms in total. The van der Waals surface area contributed by atoms with Crippen LogP contribution in [-0.2, 0) is 18.8 Å². The molecule has 2 aromatic rings. The Bertz CT molecular complexity index is 476. The van der Waals surface area contributed by atoms with E-state index in [0.29, 0.717) is 0 Å². The van der Waals surface area contributed by atoms with E-state index in [2.05, 4.69) is 47.8 Å². The molecule has 0 saturated carbocycles. The van der Waals surface area contributed by atoms with Gasteiger partial charge in [0.2, 0.25) is 0 Å². The van der Waals surface area contributed by atoms with E-state index < -0.39 is 0 Å². The third-order valence-electron chi connectivity index (χ3n) is 2.72. The Morgan fingerprint density at radius 3 is 2.61 bits per heavy atom. The molecule has 1 aromatic carbocycles. The van der Waals surface area contributed by atoms with Crippen molar-refractivity contribution < 1.29 is 0 Å². The Hall–Kier alpha value is -1.26. The predicted octanol–water partition coefficient (Wildman–Crippen LogP) is 2.91. The van der Waals surface area contributed by atoms with Gasteiger partial charge in [0.15, 0.2) is 0 Å². The smallest absolute Gasteiger partial charge is 0.0530 e. The first-order chi connectivity index (χ1) is 8.81. The molecule has 2 rings (SSSR count). The average molecular weight is 261 g/mol. The van der Waals surface area contributed by atoms with E-state index in [9.17, 15) is 0 Å². The second-order valence-electron chi connectivity index (χ2n) is 4.17. The molecule has 0 saturated heterocycles. The molecule has 0 aliphatic heterocycles. The van der Waals surface area contributed by atoms with Crippen molar-refractivity contribution in [3.05, 3.63) is 47.8 Å². The lowest BCUT2D eigenvalue weighted by Crippen LogP contribution is -2.04. The van der Waals surface area contributed by atoms with E-state index in [0.717, 1.165) is 18.8 Å². The summed E-state index contributed by atoms with van der Waals surface area (Å²) >= 11 is 1.85. The highest BCUT2D eigenvalue weighted by Crippen LogP contribution is 2.22. The van der Waals surface area contributed by atoms with Crippen molar-refractivity contribution in [3.63, 3.8) is 0 Å².